The Morgan fingerprint density at radius 3 is 2.59 bits per heavy atom. The summed E-state index contributed by atoms with van der Waals surface area (Å²) in [6.07, 6.45) is 2.78. The number of rotatable bonds is 5. The van der Waals surface area contributed by atoms with Gasteiger partial charge >= 0.3 is 0 Å². The molecule has 2 N–H and O–H groups in total. The third-order valence-electron chi connectivity index (χ3n) is 2.80. The lowest BCUT2D eigenvalue weighted by molar-refractivity contribution is 0.465. The van der Waals surface area contributed by atoms with Gasteiger partial charge < -0.3 is 10.6 Å². The average molecular weight is 365 g/mol. The number of halogens is 2. The molecule has 0 radical (unpaired) electrons. The van der Waals surface area contributed by atoms with E-state index in [2.05, 4.69) is 55.6 Å². The number of nitrogens with zero attached hydrogens (tertiary/aromatic N) is 2. The molecule has 1 atom stereocenters. The highest BCUT2D eigenvalue weighted by Gasteiger charge is 2.12. The molecule has 1 heterocycles. The smallest absolute Gasteiger partial charge is 0.142 e. The van der Waals surface area contributed by atoms with Crippen molar-refractivity contribution in [1.82, 2.24) is 4.98 Å². The lowest BCUT2D eigenvalue weighted by Crippen LogP contribution is -2.32. The van der Waals surface area contributed by atoms with Crippen LogP contribution < -0.4 is 10.6 Å². The quantitative estimate of drug-likeness (QED) is 0.870. The molecule has 0 bridgehead atoms. The van der Waals surface area contributed by atoms with Gasteiger partial charge in [-0.3, -0.25) is 0 Å². The fourth-order valence-corrected chi connectivity index (χ4v) is 2.76. The van der Waals surface area contributed by atoms with Crippen LogP contribution in [-0.2, 0) is 0 Å². The van der Waals surface area contributed by atoms with Gasteiger partial charge in [0.15, 0.2) is 0 Å². The summed E-state index contributed by atoms with van der Waals surface area (Å²) in [5.74, 6) is 1.47. The zero-order valence-corrected chi connectivity index (χ0v) is 13.6. The average Bonchev–Trinajstić information content (AvgIpc) is 2.25. The van der Waals surface area contributed by atoms with Crippen LogP contribution in [0.1, 0.15) is 20.3 Å². The van der Waals surface area contributed by atoms with Gasteiger partial charge in [-0.25, -0.2) is 4.98 Å². The Balaban J connectivity index is 2.61. The third kappa shape index (κ3) is 4.56. The second kappa shape index (κ2) is 6.71. The maximum Gasteiger partial charge on any atom is 0.142 e. The number of anilines is 1. The Labute approximate surface area is 120 Å². The highest BCUT2D eigenvalue weighted by molar-refractivity contribution is 9.11. The van der Waals surface area contributed by atoms with E-state index in [9.17, 15) is 0 Å². The van der Waals surface area contributed by atoms with Crippen LogP contribution in [0.4, 0.5) is 5.82 Å². The summed E-state index contributed by atoms with van der Waals surface area (Å²) in [5.41, 5.74) is 6.04. The minimum Gasteiger partial charge on any atom is -0.359 e. The van der Waals surface area contributed by atoms with Gasteiger partial charge in [-0.2, -0.15) is 0 Å². The summed E-state index contributed by atoms with van der Waals surface area (Å²) < 4.78 is 1.97. The predicted octanol–water partition coefficient (Wildman–Crippen LogP) is 3.42. The summed E-state index contributed by atoms with van der Waals surface area (Å²) in [4.78, 5) is 6.52. The third-order valence-corrected chi connectivity index (χ3v) is 3.82. The van der Waals surface area contributed by atoms with Crippen molar-refractivity contribution in [2.24, 2.45) is 11.7 Å². The van der Waals surface area contributed by atoms with E-state index in [4.69, 9.17) is 5.73 Å². The summed E-state index contributed by atoms with van der Waals surface area (Å²) >= 11 is 6.91. The molecule has 0 aliphatic heterocycles. The molecule has 1 aromatic rings. The Kier molecular flexibility index (Phi) is 5.89. The first-order chi connectivity index (χ1) is 7.91. The minimum atomic E-state index is 0.242. The fourth-order valence-electron chi connectivity index (χ4n) is 1.47. The van der Waals surface area contributed by atoms with E-state index in [1.807, 2.05) is 13.1 Å². The van der Waals surface area contributed by atoms with E-state index in [1.165, 1.54) is 0 Å². The first-order valence-electron chi connectivity index (χ1n) is 5.69. The maximum absolute atomic E-state index is 6.04. The van der Waals surface area contributed by atoms with Crippen molar-refractivity contribution in [3.05, 3.63) is 21.2 Å². The van der Waals surface area contributed by atoms with Crippen molar-refractivity contribution in [3.63, 3.8) is 0 Å². The van der Waals surface area contributed by atoms with E-state index in [1.54, 1.807) is 6.20 Å². The molecule has 0 aromatic carbocycles. The van der Waals surface area contributed by atoms with Gasteiger partial charge in [0.2, 0.25) is 0 Å². The maximum atomic E-state index is 6.04. The molecular formula is C12H19Br2N3. The molecule has 0 saturated heterocycles. The summed E-state index contributed by atoms with van der Waals surface area (Å²) in [5, 5.41) is 0. The van der Waals surface area contributed by atoms with Crippen molar-refractivity contribution in [1.29, 1.82) is 0 Å². The van der Waals surface area contributed by atoms with E-state index in [0.29, 0.717) is 5.92 Å². The standard InChI is InChI=1S/C12H19Br2N3/c1-8(2)11(15)4-5-17(3)12-10(14)6-9(13)7-16-12/h6-8,11H,4-5,15H2,1-3H3. The molecule has 0 spiro atoms. The lowest BCUT2D eigenvalue weighted by atomic mass is 10.0. The molecule has 1 rings (SSSR count). The molecule has 1 unspecified atom stereocenters. The van der Waals surface area contributed by atoms with Gasteiger partial charge in [-0.1, -0.05) is 13.8 Å². The topological polar surface area (TPSA) is 42.1 Å². The fraction of sp³-hybridized carbons (Fsp3) is 0.583. The van der Waals surface area contributed by atoms with Gasteiger partial charge in [0.05, 0.1) is 4.47 Å². The zero-order valence-electron chi connectivity index (χ0n) is 10.5. The monoisotopic (exact) mass is 363 g/mol. The number of hydrogen-bond donors (Lipinski definition) is 1. The molecule has 0 aliphatic carbocycles. The van der Waals surface area contributed by atoms with Crippen LogP contribution >= 0.6 is 31.9 Å². The first kappa shape index (κ1) is 14.9. The minimum absolute atomic E-state index is 0.242. The second-order valence-electron chi connectivity index (χ2n) is 4.58. The van der Waals surface area contributed by atoms with Crippen LogP contribution in [0.25, 0.3) is 0 Å². The van der Waals surface area contributed by atoms with E-state index in [0.717, 1.165) is 27.7 Å². The van der Waals surface area contributed by atoms with Crippen molar-refractivity contribution >= 4 is 37.7 Å². The Morgan fingerprint density at radius 1 is 1.41 bits per heavy atom. The molecule has 0 aliphatic rings. The molecule has 5 heteroatoms. The van der Waals surface area contributed by atoms with Crippen LogP contribution in [0.3, 0.4) is 0 Å². The Bertz CT molecular complexity index is 369. The predicted molar refractivity (Wildman–Crippen MR) is 80.3 cm³/mol. The normalized spacial score (nSPS) is 12.9. The van der Waals surface area contributed by atoms with Crippen molar-refractivity contribution in [2.45, 2.75) is 26.3 Å². The van der Waals surface area contributed by atoms with Crippen molar-refractivity contribution < 1.29 is 0 Å². The first-order valence-corrected chi connectivity index (χ1v) is 7.28. The van der Waals surface area contributed by atoms with Crippen LogP contribution in [0, 0.1) is 5.92 Å². The summed E-state index contributed by atoms with van der Waals surface area (Å²) in [6, 6.07) is 2.24. The number of hydrogen-bond acceptors (Lipinski definition) is 3. The summed E-state index contributed by atoms with van der Waals surface area (Å²) in [7, 11) is 2.04. The SMILES string of the molecule is CC(C)C(N)CCN(C)c1ncc(Br)cc1Br. The molecule has 1 aromatic heterocycles. The summed E-state index contributed by atoms with van der Waals surface area (Å²) in [6.45, 7) is 5.21. The molecule has 3 nitrogen and oxygen atoms in total. The van der Waals surface area contributed by atoms with Gasteiger partial charge in [-0.15, -0.1) is 0 Å². The Hall–Kier alpha value is -0.130. The van der Waals surface area contributed by atoms with Crippen LogP contribution in [-0.4, -0.2) is 24.6 Å². The van der Waals surface area contributed by atoms with E-state index >= 15 is 0 Å². The van der Waals surface area contributed by atoms with Gasteiger partial charge in [0.1, 0.15) is 5.82 Å². The number of pyridine rings is 1. The van der Waals surface area contributed by atoms with Crippen molar-refractivity contribution in [3.8, 4) is 0 Å². The van der Waals surface area contributed by atoms with Crippen LogP contribution in [0.2, 0.25) is 0 Å². The van der Waals surface area contributed by atoms with Crippen molar-refractivity contribution in [2.75, 3.05) is 18.5 Å². The van der Waals surface area contributed by atoms with Gasteiger partial charge in [0.25, 0.3) is 0 Å². The lowest BCUT2D eigenvalue weighted by Gasteiger charge is -2.23. The molecule has 0 saturated carbocycles. The number of aromatic nitrogens is 1. The zero-order chi connectivity index (χ0) is 13.0. The van der Waals surface area contributed by atoms with E-state index < -0.39 is 0 Å². The highest BCUT2D eigenvalue weighted by atomic mass is 79.9. The molecule has 0 amide bonds. The Morgan fingerprint density at radius 2 is 2.06 bits per heavy atom. The van der Waals surface area contributed by atoms with Crippen LogP contribution in [0.5, 0.6) is 0 Å². The van der Waals surface area contributed by atoms with Gasteiger partial charge in [0, 0.05) is 30.3 Å². The number of nitrogens with two attached hydrogens (primary N) is 1. The van der Waals surface area contributed by atoms with Crippen LogP contribution in [0.15, 0.2) is 21.2 Å². The molecule has 17 heavy (non-hydrogen) atoms. The molecule has 96 valence electrons. The second-order valence-corrected chi connectivity index (χ2v) is 6.35. The molecule has 0 fully saturated rings. The van der Waals surface area contributed by atoms with Gasteiger partial charge in [-0.05, 0) is 50.3 Å². The highest BCUT2D eigenvalue weighted by Crippen LogP contribution is 2.26. The largest absolute Gasteiger partial charge is 0.359 e. The molecular weight excluding hydrogens is 346 g/mol. The van der Waals surface area contributed by atoms with E-state index in [-0.39, 0.29) is 6.04 Å².